The summed E-state index contributed by atoms with van der Waals surface area (Å²) in [4.78, 5) is -1.02. The first kappa shape index (κ1) is 9.91. The number of rotatable bonds is 1. The van der Waals surface area contributed by atoms with Gasteiger partial charge in [0.15, 0.2) is 0 Å². The Morgan fingerprint density at radius 1 is 1.38 bits per heavy atom. The summed E-state index contributed by atoms with van der Waals surface area (Å²) in [5, 5.41) is 0. The highest BCUT2D eigenvalue weighted by molar-refractivity contribution is 7.86. The van der Waals surface area contributed by atoms with Gasteiger partial charge in [0.2, 0.25) is 0 Å². The Bertz CT molecular complexity index is 442. The van der Waals surface area contributed by atoms with Crippen LogP contribution in [0.5, 0.6) is 0 Å². The van der Waals surface area contributed by atoms with Crippen LogP contribution in [0.15, 0.2) is 17.0 Å². The molecule has 72 valence electrons. The smallest absolute Gasteiger partial charge is 0.335 e. The molecule has 2 N–H and O–H groups in total. The van der Waals surface area contributed by atoms with E-state index < -0.39 is 20.9 Å². The lowest BCUT2D eigenvalue weighted by molar-refractivity contribution is 0.533. The second-order valence-corrected chi connectivity index (χ2v) is 3.89. The van der Waals surface area contributed by atoms with Crippen LogP contribution in [0.3, 0.4) is 0 Å². The molecule has 0 spiro atoms. The van der Waals surface area contributed by atoms with Gasteiger partial charge < -0.3 is 5.73 Å². The molecule has 0 atom stereocenters. The fourth-order valence-corrected chi connectivity index (χ4v) is 1.41. The van der Waals surface area contributed by atoms with E-state index in [1.165, 1.54) is 6.92 Å². The van der Waals surface area contributed by atoms with Gasteiger partial charge in [-0.3, -0.25) is 0 Å². The molecule has 3 nitrogen and oxygen atoms in total. The largest absolute Gasteiger partial charge is 0.398 e. The van der Waals surface area contributed by atoms with Crippen molar-refractivity contribution in [3.8, 4) is 0 Å². The monoisotopic (exact) mass is 207 g/mol. The minimum atomic E-state index is -5.03. The summed E-state index contributed by atoms with van der Waals surface area (Å²) in [6, 6.07) is 1.64. The lowest BCUT2D eigenvalue weighted by atomic mass is 10.2. The van der Waals surface area contributed by atoms with Crippen LogP contribution in [-0.4, -0.2) is 8.42 Å². The van der Waals surface area contributed by atoms with E-state index in [2.05, 4.69) is 0 Å². The topological polar surface area (TPSA) is 60.2 Å². The summed E-state index contributed by atoms with van der Waals surface area (Å²) in [6.07, 6.45) is 0. The Kier molecular flexibility index (Phi) is 2.25. The van der Waals surface area contributed by atoms with Crippen LogP contribution in [0.4, 0.5) is 14.0 Å². The van der Waals surface area contributed by atoms with E-state index in [4.69, 9.17) is 5.73 Å². The van der Waals surface area contributed by atoms with Gasteiger partial charge in [-0.2, -0.15) is 8.42 Å². The van der Waals surface area contributed by atoms with Crippen molar-refractivity contribution in [1.82, 2.24) is 0 Å². The molecule has 1 aromatic carbocycles. The molecular weight excluding hydrogens is 200 g/mol. The van der Waals surface area contributed by atoms with E-state index >= 15 is 0 Å². The molecule has 0 aliphatic carbocycles. The average Bonchev–Trinajstić information content (AvgIpc) is 1.94. The second kappa shape index (κ2) is 2.95. The first-order chi connectivity index (χ1) is 5.82. The number of halogens is 2. The van der Waals surface area contributed by atoms with Gasteiger partial charge in [0, 0.05) is 5.69 Å². The highest BCUT2D eigenvalue weighted by Crippen LogP contribution is 2.22. The van der Waals surface area contributed by atoms with Crippen LogP contribution in [-0.2, 0) is 10.2 Å². The highest BCUT2D eigenvalue weighted by atomic mass is 32.3. The minimum Gasteiger partial charge on any atom is -0.398 e. The molecule has 0 fully saturated rings. The number of aryl methyl sites for hydroxylation is 1. The van der Waals surface area contributed by atoms with Gasteiger partial charge in [-0.1, -0.05) is 0 Å². The lowest BCUT2D eigenvalue weighted by Crippen LogP contribution is -2.00. The Morgan fingerprint density at radius 3 is 2.38 bits per heavy atom. The molecule has 0 aromatic heterocycles. The molecule has 13 heavy (non-hydrogen) atoms. The first-order valence-corrected chi connectivity index (χ1v) is 4.71. The van der Waals surface area contributed by atoms with E-state index in [0.29, 0.717) is 5.56 Å². The van der Waals surface area contributed by atoms with Gasteiger partial charge in [-0.25, -0.2) is 4.39 Å². The van der Waals surface area contributed by atoms with E-state index in [1.807, 2.05) is 0 Å². The number of anilines is 1. The van der Waals surface area contributed by atoms with E-state index in [1.54, 1.807) is 0 Å². The van der Waals surface area contributed by atoms with Crippen molar-refractivity contribution in [2.24, 2.45) is 0 Å². The van der Waals surface area contributed by atoms with Crippen LogP contribution in [0.25, 0.3) is 0 Å². The van der Waals surface area contributed by atoms with Crippen molar-refractivity contribution in [2.45, 2.75) is 11.8 Å². The molecule has 0 amide bonds. The van der Waals surface area contributed by atoms with Gasteiger partial charge in [0.05, 0.1) is 0 Å². The Balaban J connectivity index is 3.50. The molecule has 1 aromatic rings. The Morgan fingerprint density at radius 2 is 1.92 bits per heavy atom. The molecule has 0 bridgehead atoms. The molecule has 0 unspecified atom stereocenters. The van der Waals surface area contributed by atoms with Crippen LogP contribution < -0.4 is 5.73 Å². The normalized spacial score (nSPS) is 11.6. The van der Waals surface area contributed by atoms with Crippen LogP contribution in [0.2, 0.25) is 0 Å². The van der Waals surface area contributed by atoms with E-state index in [-0.39, 0.29) is 5.69 Å². The third-order valence-electron chi connectivity index (χ3n) is 1.58. The van der Waals surface area contributed by atoms with Crippen molar-refractivity contribution in [1.29, 1.82) is 0 Å². The second-order valence-electron chi connectivity index (χ2n) is 2.58. The predicted molar refractivity (Wildman–Crippen MR) is 43.8 cm³/mol. The summed E-state index contributed by atoms with van der Waals surface area (Å²) in [5.41, 5.74) is 5.69. The maximum atomic E-state index is 12.9. The summed E-state index contributed by atoms with van der Waals surface area (Å²) < 4.78 is 45.9. The molecule has 6 heteroatoms. The lowest BCUT2D eigenvalue weighted by Gasteiger charge is -2.02. The zero-order valence-electron chi connectivity index (χ0n) is 6.71. The number of hydrogen-bond donors (Lipinski definition) is 1. The summed E-state index contributed by atoms with van der Waals surface area (Å²) in [7, 11) is -5.03. The van der Waals surface area contributed by atoms with Crippen molar-refractivity contribution in [2.75, 3.05) is 5.73 Å². The first-order valence-electron chi connectivity index (χ1n) is 3.32. The van der Waals surface area contributed by atoms with Gasteiger partial charge >= 0.3 is 10.2 Å². The number of benzene rings is 1. The molecule has 0 radical (unpaired) electrons. The fraction of sp³-hybridized carbons (Fsp3) is 0.143. The molecule has 1 rings (SSSR count). The standard InChI is InChI=1S/C7H7F2NO2S/c1-4-2-5(8)7(3-6(4)10)13(9,11)12/h2-3H,10H2,1H3. The van der Waals surface area contributed by atoms with Gasteiger partial charge in [0.25, 0.3) is 0 Å². The number of nitrogen functional groups attached to an aromatic ring is 1. The maximum Gasteiger partial charge on any atom is 0.335 e. The fourth-order valence-electron chi connectivity index (χ4n) is 0.855. The van der Waals surface area contributed by atoms with Gasteiger partial charge in [-0.05, 0) is 24.6 Å². The van der Waals surface area contributed by atoms with Gasteiger partial charge in [0.1, 0.15) is 10.7 Å². The van der Waals surface area contributed by atoms with Gasteiger partial charge in [-0.15, -0.1) is 3.89 Å². The van der Waals surface area contributed by atoms with Crippen LogP contribution in [0.1, 0.15) is 5.56 Å². The quantitative estimate of drug-likeness (QED) is 0.559. The molecule has 0 heterocycles. The van der Waals surface area contributed by atoms with E-state index in [9.17, 15) is 16.7 Å². The Labute approximate surface area is 74.4 Å². The molecule has 0 aliphatic heterocycles. The van der Waals surface area contributed by atoms with E-state index in [0.717, 1.165) is 12.1 Å². The van der Waals surface area contributed by atoms with Crippen molar-refractivity contribution in [3.05, 3.63) is 23.5 Å². The van der Waals surface area contributed by atoms with Crippen LogP contribution in [0, 0.1) is 12.7 Å². The summed E-state index contributed by atoms with van der Waals surface area (Å²) in [5.74, 6) is -1.13. The summed E-state index contributed by atoms with van der Waals surface area (Å²) in [6.45, 7) is 1.49. The summed E-state index contributed by atoms with van der Waals surface area (Å²) >= 11 is 0. The molecule has 0 aliphatic rings. The predicted octanol–water partition coefficient (Wildman–Crippen LogP) is 1.37. The molecule has 0 saturated carbocycles. The average molecular weight is 207 g/mol. The number of nitrogens with two attached hydrogens (primary N) is 1. The third kappa shape index (κ3) is 1.95. The minimum absolute atomic E-state index is 0.0395. The van der Waals surface area contributed by atoms with Crippen LogP contribution >= 0.6 is 0 Å². The SMILES string of the molecule is Cc1cc(F)c(S(=O)(=O)F)cc1N. The van der Waals surface area contributed by atoms with Crippen molar-refractivity contribution >= 4 is 15.9 Å². The molecular formula is C7H7F2NO2S. The third-order valence-corrected chi connectivity index (χ3v) is 2.42. The van der Waals surface area contributed by atoms with Crippen molar-refractivity contribution in [3.63, 3.8) is 0 Å². The highest BCUT2D eigenvalue weighted by Gasteiger charge is 2.18. The zero-order chi connectivity index (χ0) is 10.2. The molecule has 0 saturated heterocycles. The maximum absolute atomic E-state index is 12.9. The zero-order valence-corrected chi connectivity index (χ0v) is 7.53. The number of hydrogen-bond acceptors (Lipinski definition) is 3. The van der Waals surface area contributed by atoms with Crippen molar-refractivity contribution < 1.29 is 16.7 Å². The Hall–Kier alpha value is -1.17.